The predicted molar refractivity (Wildman–Crippen MR) is 77.9 cm³/mol. The van der Waals surface area contributed by atoms with E-state index in [0.717, 1.165) is 19.3 Å². The van der Waals surface area contributed by atoms with Crippen LogP contribution in [0.25, 0.3) is 0 Å². The molecule has 1 heterocycles. The lowest BCUT2D eigenvalue weighted by atomic mass is 9.79. The first-order valence-electron chi connectivity index (χ1n) is 7.57. The summed E-state index contributed by atoms with van der Waals surface area (Å²) in [6, 6.07) is 0. The maximum Gasteiger partial charge on any atom is 0.309 e. The van der Waals surface area contributed by atoms with Gasteiger partial charge in [0.2, 0.25) is 0 Å². The average Bonchev–Trinajstić information content (AvgIpc) is 2.47. The van der Waals surface area contributed by atoms with Crippen LogP contribution in [0.1, 0.15) is 39.5 Å². The summed E-state index contributed by atoms with van der Waals surface area (Å²) in [5.41, 5.74) is -0.467. The number of carbonyl (C=O) groups excluding carboxylic acids is 1. The van der Waals surface area contributed by atoms with Crippen LogP contribution in [0.2, 0.25) is 0 Å². The van der Waals surface area contributed by atoms with Crippen LogP contribution in [-0.4, -0.2) is 24.9 Å². The Balaban J connectivity index is 1.90. The van der Waals surface area contributed by atoms with Gasteiger partial charge in [0, 0.05) is 0 Å². The normalized spacial score (nSPS) is 32.7. The molecule has 3 unspecified atom stereocenters. The van der Waals surface area contributed by atoms with E-state index in [4.69, 9.17) is 9.47 Å². The van der Waals surface area contributed by atoms with Crippen molar-refractivity contribution in [2.24, 2.45) is 11.8 Å². The smallest absolute Gasteiger partial charge is 0.309 e. The van der Waals surface area contributed by atoms with Crippen molar-refractivity contribution in [2.75, 3.05) is 13.2 Å². The summed E-state index contributed by atoms with van der Waals surface area (Å²) in [7, 11) is 0. The zero-order valence-corrected chi connectivity index (χ0v) is 12.4. The van der Waals surface area contributed by atoms with Crippen LogP contribution >= 0.6 is 0 Å². The Morgan fingerprint density at radius 2 is 2.15 bits per heavy atom. The largest absolute Gasteiger partial charge is 0.466 e. The van der Waals surface area contributed by atoms with Crippen LogP contribution < -0.4 is 5.32 Å². The van der Waals surface area contributed by atoms with Crippen molar-refractivity contribution < 1.29 is 14.3 Å². The van der Waals surface area contributed by atoms with Gasteiger partial charge in [0.1, 0.15) is 0 Å². The van der Waals surface area contributed by atoms with Gasteiger partial charge in [-0.2, -0.15) is 0 Å². The van der Waals surface area contributed by atoms with Gasteiger partial charge < -0.3 is 14.8 Å². The highest BCUT2D eigenvalue weighted by molar-refractivity contribution is 5.72. The Kier molecular flexibility index (Phi) is 5.24. The number of carbonyl (C=O) groups is 1. The summed E-state index contributed by atoms with van der Waals surface area (Å²) in [6.45, 7) is 4.90. The van der Waals surface area contributed by atoms with Gasteiger partial charge in [0.05, 0.1) is 19.1 Å². The van der Waals surface area contributed by atoms with Crippen molar-refractivity contribution in [3.8, 4) is 0 Å². The van der Waals surface area contributed by atoms with Crippen molar-refractivity contribution in [3.63, 3.8) is 0 Å². The molecular weight excluding hydrogens is 254 g/mol. The van der Waals surface area contributed by atoms with Crippen molar-refractivity contribution in [3.05, 3.63) is 24.4 Å². The monoisotopic (exact) mass is 279 g/mol. The van der Waals surface area contributed by atoms with Gasteiger partial charge in [-0.25, -0.2) is 0 Å². The standard InChI is InChI=1S/C16H25NO3/c1-3-19-15(18)14-9-5-4-8-13(14)12-20-16(2)10-6-7-11-17-16/h6-7,10-11,13-14,17H,3-5,8-9,12H2,1-2H3. The van der Waals surface area contributed by atoms with Gasteiger partial charge in [0.25, 0.3) is 0 Å². The van der Waals surface area contributed by atoms with E-state index < -0.39 is 5.72 Å². The summed E-state index contributed by atoms with van der Waals surface area (Å²) < 4.78 is 11.2. The molecule has 1 saturated carbocycles. The topological polar surface area (TPSA) is 47.6 Å². The fraction of sp³-hybridized carbons (Fsp3) is 0.688. The highest BCUT2D eigenvalue weighted by Crippen LogP contribution is 2.32. The Labute approximate surface area is 121 Å². The minimum atomic E-state index is -0.467. The van der Waals surface area contributed by atoms with E-state index in [0.29, 0.717) is 13.2 Å². The summed E-state index contributed by atoms with van der Waals surface area (Å²) in [5, 5.41) is 3.20. The molecule has 4 heteroatoms. The van der Waals surface area contributed by atoms with Crippen molar-refractivity contribution in [1.82, 2.24) is 5.32 Å². The fourth-order valence-electron chi connectivity index (χ4n) is 2.89. The highest BCUT2D eigenvalue weighted by Gasteiger charge is 2.34. The summed E-state index contributed by atoms with van der Waals surface area (Å²) in [5.74, 6) is 0.203. The fourth-order valence-corrected chi connectivity index (χ4v) is 2.89. The van der Waals surface area contributed by atoms with Crippen LogP contribution in [0.5, 0.6) is 0 Å². The lowest BCUT2D eigenvalue weighted by Gasteiger charge is -2.34. The number of rotatable bonds is 5. The second-order valence-electron chi connectivity index (χ2n) is 5.68. The second kappa shape index (κ2) is 6.93. The zero-order valence-electron chi connectivity index (χ0n) is 12.4. The van der Waals surface area contributed by atoms with Crippen molar-refractivity contribution in [1.29, 1.82) is 0 Å². The quantitative estimate of drug-likeness (QED) is 0.786. The van der Waals surface area contributed by atoms with E-state index in [9.17, 15) is 4.79 Å². The molecule has 0 saturated heterocycles. The molecule has 2 rings (SSSR count). The first kappa shape index (κ1) is 15.1. The maximum absolute atomic E-state index is 12.0. The van der Waals surface area contributed by atoms with Crippen LogP contribution in [-0.2, 0) is 14.3 Å². The molecule has 0 aromatic heterocycles. The Hall–Kier alpha value is -1.29. The molecule has 112 valence electrons. The average molecular weight is 279 g/mol. The number of allylic oxidation sites excluding steroid dienone is 2. The minimum absolute atomic E-state index is 0.00425. The number of hydrogen-bond acceptors (Lipinski definition) is 4. The molecule has 0 amide bonds. The van der Waals surface area contributed by atoms with Crippen LogP contribution in [0.15, 0.2) is 24.4 Å². The van der Waals surface area contributed by atoms with Crippen LogP contribution in [0.4, 0.5) is 0 Å². The number of hydrogen-bond donors (Lipinski definition) is 1. The molecular formula is C16H25NO3. The molecule has 1 aliphatic heterocycles. The molecule has 0 aromatic rings. The Morgan fingerprint density at radius 3 is 2.85 bits per heavy atom. The maximum atomic E-state index is 12.0. The van der Waals surface area contributed by atoms with Crippen LogP contribution in [0.3, 0.4) is 0 Å². The lowest BCUT2D eigenvalue weighted by molar-refractivity contribution is -0.153. The molecule has 1 fully saturated rings. The summed E-state index contributed by atoms with van der Waals surface area (Å²) >= 11 is 0. The lowest BCUT2D eigenvalue weighted by Crippen LogP contribution is -2.43. The molecule has 2 aliphatic rings. The van der Waals surface area contributed by atoms with Gasteiger partial charge in [-0.05, 0) is 51.0 Å². The second-order valence-corrected chi connectivity index (χ2v) is 5.68. The molecule has 3 atom stereocenters. The molecule has 1 N–H and O–H groups in total. The van der Waals surface area contributed by atoms with Gasteiger partial charge in [0.15, 0.2) is 5.72 Å². The van der Waals surface area contributed by atoms with E-state index in [1.54, 1.807) is 0 Å². The molecule has 0 bridgehead atoms. The van der Waals surface area contributed by atoms with E-state index in [1.165, 1.54) is 6.42 Å². The zero-order chi connectivity index (χ0) is 14.4. The molecule has 20 heavy (non-hydrogen) atoms. The van der Waals surface area contributed by atoms with Gasteiger partial charge in [-0.15, -0.1) is 0 Å². The summed E-state index contributed by atoms with van der Waals surface area (Å²) in [4.78, 5) is 12.0. The number of nitrogens with one attached hydrogen (secondary N) is 1. The van der Waals surface area contributed by atoms with E-state index in [-0.39, 0.29) is 17.8 Å². The molecule has 0 aromatic carbocycles. The Morgan fingerprint density at radius 1 is 1.35 bits per heavy atom. The summed E-state index contributed by atoms with van der Waals surface area (Å²) in [6.07, 6.45) is 12.0. The number of dihydropyridines is 1. The van der Waals surface area contributed by atoms with E-state index in [1.807, 2.05) is 38.3 Å². The third kappa shape index (κ3) is 3.85. The third-order valence-electron chi connectivity index (χ3n) is 4.09. The first-order chi connectivity index (χ1) is 9.64. The number of esters is 1. The van der Waals surface area contributed by atoms with Crippen molar-refractivity contribution in [2.45, 2.75) is 45.3 Å². The van der Waals surface area contributed by atoms with Crippen molar-refractivity contribution >= 4 is 5.97 Å². The first-order valence-corrected chi connectivity index (χ1v) is 7.57. The van der Waals surface area contributed by atoms with Gasteiger partial charge in [-0.3, -0.25) is 4.79 Å². The molecule has 1 aliphatic carbocycles. The van der Waals surface area contributed by atoms with Crippen LogP contribution in [0, 0.1) is 11.8 Å². The van der Waals surface area contributed by atoms with E-state index in [2.05, 4.69) is 5.32 Å². The predicted octanol–water partition coefficient (Wildman–Crippen LogP) is 2.76. The SMILES string of the molecule is CCOC(=O)C1CCCCC1COC1(C)C=CC=CN1. The highest BCUT2D eigenvalue weighted by atomic mass is 16.5. The number of ether oxygens (including phenoxy) is 2. The minimum Gasteiger partial charge on any atom is -0.466 e. The molecule has 4 nitrogen and oxygen atoms in total. The molecule has 0 spiro atoms. The molecule has 0 radical (unpaired) electrons. The Bertz CT molecular complexity index is 391. The third-order valence-corrected chi connectivity index (χ3v) is 4.09. The van der Waals surface area contributed by atoms with Gasteiger partial charge in [-0.1, -0.05) is 18.9 Å². The van der Waals surface area contributed by atoms with E-state index >= 15 is 0 Å². The van der Waals surface area contributed by atoms with Gasteiger partial charge >= 0.3 is 5.97 Å².